The minimum atomic E-state index is -2.15. The Morgan fingerprint density at radius 3 is 1.47 bits per heavy atom. The van der Waals surface area contributed by atoms with Crippen molar-refractivity contribution in [1.82, 2.24) is 0 Å². The van der Waals surface area contributed by atoms with Crippen molar-refractivity contribution in [1.29, 1.82) is 0 Å². The third-order valence-electron chi connectivity index (χ3n) is 8.30. The van der Waals surface area contributed by atoms with Gasteiger partial charge in [0.15, 0.2) is 37.4 Å². The van der Waals surface area contributed by atoms with Crippen LogP contribution in [0.1, 0.15) is 0 Å². The molecule has 0 aromatic rings. The van der Waals surface area contributed by atoms with Gasteiger partial charge in [0.2, 0.25) is 0 Å². The number of ether oxygens (including phenoxy) is 7. The highest BCUT2D eigenvalue weighted by molar-refractivity contribution is 5.74. The van der Waals surface area contributed by atoms with Crippen LogP contribution >= 0.6 is 0 Å². The van der Waals surface area contributed by atoms with E-state index in [-0.39, 0.29) is 0 Å². The number of hydrogen-bond donors (Lipinski definition) is 14. The Morgan fingerprint density at radius 1 is 0.511 bits per heavy atom. The summed E-state index contributed by atoms with van der Waals surface area (Å²) in [7, 11) is 0. The molecule has 16 N–H and O–H groups in total. The van der Waals surface area contributed by atoms with Crippen LogP contribution in [0.5, 0.6) is 0 Å². The second-order valence-electron chi connectivity index (χ2n) is 11.4. The van der Waals surface area contributed by atoms with Crippen molar-refractivity contribution >= 4 is 11.9 Å². The molecule has 0 aromatic carbocycles. The lowest BCUT2D eigenvalue weighted by molar-refractivity contribution is -0.369. The average Bonchev–Trinajstić information content (AvgIpc) is 3.03. The first kappa shape index (κ1) is 38.0. The Labute approximate surface area is 263 Å². The Bertz CT molecular complexity index is 1070. The molecule has 0 radical (unpaired) electrons. The number of carboxylic acids is 2. The summed E-state index contributed by atoms with van der Waals surface area (Å²) in [4.78, 5) is 23.8. The number of rotatable bonds is 10. The summed E-state index contributed by atoms with van der Waals surface area (Å²) in [5.74, 6) is -3.49. The van der Waals surface area contributed by atoms with E-state index in [1.165, 1.54) is 0 Å². The maximum absolute atomic E-state index is 12.1. The molecule has 272 valence electrons. The van der Waals surface area contributed by atoms with Crippen molar-refractivity contribution in [3.8, 4) is 0 Å². The van der Waals surface area contributed by atoms with Gasteiger partial charge in [-0.05, 0) is 0 Å². The molecule has 23 nitrogen and oxygen atoms in total. The third kappa shape index (κ3) is 7.53. The van der Waals surface area contributed by atoms with Crippen LogP contribution in [0.3, 0.4) is 0 Å². The molecule has 0 spiro atoms. The van der Waals surface area contributed by atoms with Crippen molar-refractivity contribution in [2.75, 3.05) is 13.2 Å². The third-order valence-corrected chi connectivity index (χ3v) is 8.30. The molecule has 20 atom stereocenters. The fourth-order valence-electron chi connectivity index (χ4n) is 5.57. The van der Waals surface area contributed by atoms with Crippen LogP contribution in [-0.2, 0) is 42.7 Å². The summed E-state index contributed by atoms with van der Waals surface area (Å²) >= 11 is 0. The van der Waals surface area contributed by atoms with Gasteiger partial charge in [0.1, 0.15) is 73.2 Å². The van der Waals surface area contributed by atoms with E-state index in [1.54, 1.807) is 0 Å². The predicted molar refractivity (Wildman–Crippen MR) is 139 cm³/mol. The van der Waals surface area contributed by atoms with Crippen LogP contribution < -0.4 is 11.5 Å². The van der Waals surface area contributed by atoms with E-state index in [0.717, 1.165) is 0 Å². The Hall–Kier alpha value is -1.82. The van der Waals surface area contributed by atoms with Gasteiger partial charge in [0.05, 0.1) is 25.3 Å². The molecule has 47 heavy (non-hydrogen) atoms. The number of carboxylic acid groups (broad SMARTS) is 2. The largest absolute Gasteiger partial charge is 0.479 e. The van der Waals surface area contributed by atoms with Crippen molar-refractivity contribution in [2.24, 2.45) is 11.5 Å². The smallest absolute Gasteiger partial charge is 0.335 e. The predicted octanol–water partition coefficient (Wildman–Crippen LogP) is -9.63. The number of aliphatic hydroxyl groups excluding tert-OH is 10. The lowest BCUT2D eigenvalue weighted by Gasteiger charge is -2.48. The first-order chi connectivity index (χ1) is 22.0. The van der Waals surface area contributed by atoms with Crippen LogP contribution in [0.25, 0.3) is 0 Å². The van der Waals surface area contributed by atoms with Crippen molar-refractivity contribution < 1.29 is 104 Å². The number of nitrogens with two attached hydrogens (primary N) is 2. The molecule has 4 saturated heterocycles. The van der Waals surface area contributed by atoms with E-state index in [0.29, 0.717) is 0 Å². The van der Waals surface area contributed by atoms with E-state index < -0.39 is 148 Å². The lowest BCUT2D eigenvalue weighted by Crippen LogP contribution is -2.69. The van der Waals surface area contributed by atoms with Gasteiger partial charge >= 0.3 is 11.9 Å². The van der Waals surface area contributed by atoms with Crippen LogP contribution in [0.2, 0.25) is 0 Å². The number of carbonyl (C=O) groups is 2. The molecule has 4 fully saturated rings. The summed E-state index contributed by atoms with van der Waals surface area (Å²) in [6, 6.07) is -3.20. The van der Waals surface area contributed by atoms with Gasteiger partial charge in [-0.25, -0.2) is 9.59 Å². The molecule has 0 aliphatic carbocycles. The second-order valence-corrected chi connectivity index (χ2v) is 11.4. The highest BCUT2D eigenvalue weighted by Crippen LogP contribution is 2.33. The van der Waals surface area contributed by atoms with Crippen LogP contribution in [0.15, 0.2) is 0 Å². The van der Waals surface area contributed by atoms with E-state index >= 15 is 0 Å². The van der Waals surface area contributed by atoms with Crippen LogP contribution in [0.4, 0.5) is 0 Å². The molecule has 0 aromatic heterocycles. The van der Waals surface area contributed by atoms with Gasteiger partial charge in [-0.2, -0.15) is 0 Å². The average molecular weight is 693 g/mol. The summed E-state index contributed by atoms with van der Waals surface area (Å²) in [5, 5.41) is 121. The van der Waals surface area contributed by atoms with Crippen LogP contribution in [0, 0.1) is 0 Å². The maximum atomic E-state index is 12.1. The molecule has 0 saturated carbocycles. The zero-order chi connectivity index (χ0) is 35.1. The first-order valence-corrected chi connectivity index (χ1v) is 14.2. The molecule has 0 bridgehead atoms. The molecule has 4 aliphatic heterocycles. The highest BCUT2D eigenvalue weighted by Gasteiger charge is 2.56. The SMILES string of the molecule is N[C@H]1[C@@H](O[C@H]2[C@H](O)[C@@H](O)[C@H](O[C@H]3[C@H](O)[C@@H](N)[C@@H](O[C@H]4[C@H](O)[C@@H](O)[C@H](O)O[C@@H]4C(=O)O)O[C@@H]3CO)O[C@@H]2C(=O)O)O[C@H](CO)[C@@H](O)[C@@H]1O. The van der Waals surface area contributed by atoms with Gasteiger partial charge in [-0.1, -0.05) is 0 Å². The summed E-state index contributed by atoms with van der Waals surface area (Å²) in [6.07, 6.45) is -34.2. The monoisotopic (exact) mass is 692 g/mol. The van der Waals surface area contributed by atoms with Gasteiger partial charge in [0.25, 0.3) is 0 Å². The van der Waals surface area contributed by atoms with Gasteiger partial charge in [0, 0.05) is 0 Å². The molecule has 4 rings (SSSR count). The fourth-order valence-corrected chi connectivity index (χ4v) is 5.57. The topological polar surface area (TPSA) is 394 Å². The zero-order valence-electron chi connectivity index (χ0n) is 24.2. The van der Waals surface area contributed by atoms with Crippen molar-refractivity contribution in [3.05, 3.63) is 0 Å². The molecule has 4 heterocycles. The van der Waals surface area contributed by atoms with Crippen molar-refractivity contribution in [2.45, 2.75) is 123 Å². The molecular weight excluding hydrogens is 652 g/mol. The molecule has 0 amide bonds. The quantitative estimate of drug-likeness (QED) is 0.101. The summed E-state index contributed by atoms with van der Waals surface area (Å²) < 4.78 is 37.3. The van der Waals surface area contributed by atoms with Gasteiger partial charge in [-0.15, -0.1) is 0 Å². The zero-order valence-corrected chi connectivity index (χ0v) is 24.2. The van der Waals surface area contributed by atoms with Crippen LogP contribution in [-0.4, -0.2) is 209 Å². The summed E-state index contributed by atoms with van der Waals surface area (Å²) in [6.45, 7) is -1.78. The number of aliphatic hydroxyl groups is 10. The van der Waals surface area contributed by atoms with Gasteiger partial charge < -0.3 is 106 Å². The lowest BCUT2D eigenvalue weighted by atomic mass is 9.94. The summed E-state index contributed by atoms with van der Waals surface area (Å²) in [5.41, 5.74) is 11.8. The Kier molecular flexibility index (Phi) is 12.4. The fraction of sp³-hybridized carbons (Fsp3) is 0.917. The molecule has 0 unspecified atom stereocenters. The Balaban J connectivity index is 1.47. The second kappa shape index (κ2) is 15.4. The normalized spacial score (nSPS) is 51.0. The number of aliphatic carboxylic acids is 2. The standard InChI is InChI=1S/C24H40N2O21/c25-5-8(30)7(29)3(1-27)41-22(5)46-16-11(33)13(35)24(47-18(16)20(38)39)44-14-4(2-28)42-23(6(26)9(14)31)45-15-10(32)12(34)21(40)43-17(15)19(36)37/h3-18,21-24,27-35,40H,1-2,25-26H2,(H,36,37)(H,38,39)/t3-,4-,5-,6-,7-,8-,9-,10-,11-,12-,13-,14-,15+,16+,17+,18+,21-,22-,23-,24-/m1/s1. The first-order valence-electron chi connectivity index (χ1n) is 14.2. The van der Waals surface area contributed by atoms with E-state index in [4.69, 9.17) is 44.6 Å². The van der Waals surface area contributed by atoms with E-state index in [1.807, 2.05) is 0 Å². The maximum Gasteiger partial charge on any atom is 0.335 e. The minimum absolute atomic E-state index is 0.804. The Morgan fingerprint density at radius 2 is 0.957 bits per heavy atom. The minimum Gasteiger partial charge on any atom is -0.479 e. The van der Waals surface area contributed by atoms with E-state index in [9.17, 15) is 70.9 Å². The van der Waals surface area contributed by atoms with Crippen molar-refractivity contribution in [3.63, 3.8) is 0 Å². The molecular formula is C24H40N2O21. The molecule has 23 heteroatoms. The highest BCUT2D eigenvalue weighted by atomic mass is 16.8. The molecule has 4 aliphatic rings. The van der Waals surface area contributed by atoms with E-state index in [2.05, 4.69) is 0 Å². The number of hydrogen-bond acceptors (Lipinski definition) is 21. The van der Waals surface area contributed by atoms with Gasteiger partial charge in [-0.3, -0.25) is 0 Å².